The van der Waals surface area contributed by atoms with Crippen molar-refractivity contribution in [3.8, 4) is 0 Å². The van der Waals surface area contributed by atoms with E-state index in [0.29, 0.717) is 44.7 Å². The smallest absolute Gasteiger partial charge is 0.282 e. The van der Waals surface area contributed by atoms with Gasteiger partial charge in [0.1, 0.15) is 5.82 Å². The van der Waals surface area contributed by atoms with Gasteiger partial charge in [-0.25, -0.2) is 4.39 Å². The van der Waals surface area contributed by atoms with Crippen LogP contribution in [-0.4, -0.2) is 43.2 Å². The molecule has 2 aromatic carbocycles. The van der Waals surface area contributed by atoms with Gasteiger partial charge in [-0.2, -0.15) is 17.0 Å². The van der Waals surface area contributed by atoms with Crippen molar-refractivity contribution in [3.63, 3.8) is 0 Å². The molecule has 4 rings (SSSR count). The van der Waals surface area contributed by atoms with Crippen LogP contribution in [0.5, 0.6) is 0 Å². The van der Waals surface area contributed by atoms with Crippen LogP contribution in [0, 0.1) is 5.82 Å². The molecule has 7 heteroatoms. The van der Waals surface area contributed by atoms with Gasteiger partial charge in [0.25, 0.3) is 10.2 Å². The summed E-state index contributed by atoms with van der Waals surface area (Å²) >= 11 is 0. The average molecular weight is 375 g/mol. The van der Waals surface area contributed by atoms with Crippen LogP contribution in [-0.2, 0) is 23.2 Å². The Balaban J connectivity index is 1.63. The van der Waals surface area contributed by atoms with Crippen molar-refractivity contribution in [1.82, 2.24) is 13.9 Å². The minimum absolute atomic E-state index is 0.350. The Morgan fingerprint density at radius 3 is 2.65 bits per heavy atom. The van der Waals surface area contributed by atoms with E-state index in [1.54, 1.807) is 16.4 Å². The third-order valence-electron chi connectivity index (χ3n) is 5.15. The Hall–Kier alpha value is -1.80. The first-order valence-corrected chi connectivity index (χ1v) is 10.3. The van der Waals surface area contributed by atoms with Crippen LogP contribution in [0.15, 0.2) is 48.5 Å². The highest BCUT2D eigenvalue weighted by Crippen LogP contribution is 2.30. The molecule has 2 heterocycles. The van der Waals surface area contributed by atoms with Crippen molar-refractivity contribution in [3.05, 3.63) is 71.0 Å². The zero-order valence-corrected chi connectivity index (χ0v) is 15.3. The monoisotopic (exact) mass is 375 g/mol. The fourth-order valence-corrected chi connectivity index (χ4v) is 5.54. The van der Waals surface area contributed by atoms with E-state index in [1.807, 2.05) is 18.2 Å². The third kappa shape index (κ3) is 3.27. The number of hydrogen-bond acceptors (Lipinski definition) is 3. The van der Waals surface area contributed by atoms with E-state index in [9.17, 15) is 12.8 Å². The van der Waals surface area contributed by atoms with Crippen LogP contribution >= 0.6 is 0 Å². The molecule has 26 heavy (non-hydrogen) atoms. The molecule has 138 valence electrons. The van der Waals surface area contributed by atoms with E-state index in [-0.39, 0.29) is 5.82 Å². The maximum absolute atomic E-state index is 13.7. The largest absolute Gasteiger partial charge is 0.313 e. The molecular formula is C19H22FN3O2S. The number of rotatable bonds is 3. The van der Waals surface area contributed by atoms with Gasteiger partial charge >= 0.3 is 0 Å². The van der Waals surface area contributed by atoms with Gasteiger partial charge in [0, 0.05) is 32.7 Å². The Labute approximate surface area is 153 Å². The zero-order chi connectivity index (χ0) is 18.1. The molecule has 0 bridgehead atoms. The molecular weight excluding hydrogens is 353 g/mol. The predicted molar refractivity (Wildman–Crippen MR) is 98.2 cm³/mol. The van der Waals surface area contributed by atoms with E-state index < -0.39 is 16.3 Å². The maximum atomic E-state index is 13.7. The van der Waals surface area contributed by atoms with Crippen molar-refractivity contribution in [2.45, 2.75) is 19.0 Å². The SMILES string of the molecule is O=S(=O)(N1CCc2ccccc2C1)N1CCNCC1c1cccc(F)c1. The first-order chi connectivity index (χ1) is 12.6. The molecule has 0 saturated carbocycles. The minimum atomic E-state index is -3.63. The van der Waals surface area contributed by atoms with Crippen LogP contribution in [0.2, 0.25) is 0 Å². The Kier molecular flexibility index (Phi) is 4.79. The summed E-state index contributed by atoms with van der Waals surface area (Å²) in [6.07, 6.45) is 0.714. The predicted octanol–water partition coefficient (Wildman–Crippen LogP) is 2.08. The summed E-state index contributed by atoms with van der Waals surface area (Å²) in [6, 6.07) is 13.8. The van der Waals surface area contributed by atoms with Gasteiger partial charge < -0.3 is 5.32 Å². The Bertz CT molecular complexity index is 903. The zero-order valence-electron chi connectivity index (χ0n) is 14.4. The van der Waals surface area contributed by atoms with Crippen molar-refractivity contribution in [2.24, 2.45) is 0 Å². The second kappa shape index (κ2) is 7.08. The van der Waals surface area contributed by atoms with Gasteiger partial charge in [0.05, 0.1) is 6.04 Å². The second-order valence-electron chi connectivity index (χ2n) is 6.75. The van der Waals surface area contributed by atoms with Crippen molar-refractivity contribution in [2.75, 3.05) is 26.2 Å². The summed E-state index contributed by atoms with van der Waals surface area (Å²) in [4.78, 5) is 0. The fraction of sp³-hybridized carbons (Fsp3) is 0.368. The van der Waals surface area contributed by atoms with E-state index in [2.05, 4.69) is 11.4 Å². The molecule has 2 aliphatic heterocycles. The summed E-state index contributed by atoms with van der Waals surface area (Å²) in [5.74, 6) is -0.350. The molecule has 1 fully saturated rings. The lowest BCUT2D eigenvalue weighted by Crippen LogP contribution is -2.54. The van der Waals surface area contributed by atoms with Gasteiger partial charge in [0.2, 0.25) is 0 Å². The molecule has 1 unspecified atom stereocenters. The summed E-state index contributed by atoms with van der Waals surface area (Å²) in [5, 5.41) is 3.23. The molecule has 2 aromatic rings. The Morgan fingerprint density at radius 1 is 1.04 bits per heavy atom. The van der Waals surface area contributed by atoms with E-state index in [1.165, 1.54) is 22.0 Å². The first-order valence-electron chi connectivity index (χ1n) is 8.85. The number of piperazine rings is 1. The normalized spacial score (nSPS) is 22.1. The molecule has 0 aromatic heterocycles. The fourth-order valence-electron chi connectivity index (χ4n) is 3.77. The molecule has 0 radical (unpaired) electrons. The lowest BCUT2D eigenvalue weighted by Gasteiger charge is -2.39. The number of halogens is 1. The van der Waals surface area contributed by atoms with Crippen LogP contribution in [0.4, 0.5) is 4.39 Å². The molecule has 0 spiro atoms. The highest BCUT2D eigenvalue weighted by molar-refractivity contribution is 7.86. The molecule has 5 nitrogen and oxygen atoms in total. The van der Waals surface area contributed by atoms with E-state index >= 15 is 0 Å². The number of fused-ring (bicyclic) bond motifs is 1. The topological polar surface area (TPSA) is 52.7 Å². The van der Waals surface area contributed by atoms with Gasteiger partial charge in [-0.1, -0.05) is 36.4 Å². The van der Waals surface area contributed by atoms with E-state index in [0.717, 1.165) is 5.56 Å². The summed E-state index contributed by atoms with van der Waals surface area (Å²) in [6.45, 7) is 2.31. The van der Waals surface area contributed by atoms with Gasteiger partial charge in [-0.05, 0) is 35.2 Å². The van der Waals surface area contributed by atoms with Crippen molar-refractivity contribution < 1.29 is 12.8 Å². The Morgan fingerprint density at radius 2 is 1.85 bits per heavy atom. The summed E-state index contributed by atoms with van der Waals surface area (Å²) in [5.41, 5.74) is 2.94. The number of nitrogens with zero attached hydrogens (tertiary/aromatic N) is 2. The third-order valence-corrected chi connectivity index (χ3v) is 7.14. The van der Waals surface area contributed by atoms with Crippen LogP contribution in [0.3, 0.4) is 0 Å². The first kappa shape index (κ1) is 17.6. The number of hydrogen-bond donors (Lipinski definition) is 1. The lowest BCUT2D eigenvalue weighted by molar-refractivity contribution is 0.242. The lowest BCUT2D eigenvalue weighted by atomic mass is 10.0. The summed E-state index contributed by atoms with van der Waals surface area (Å²) < 4.78 is 43.4. The van der Waals surface area contributed by atoms with Crippen molar-refractivity contribution in [1.29, 1.82) is 0 Å². The average Bonchev–Trinajstić information content (AvgIpc) is 2.67. The molecule has 0 amide bonds. The number of benzene rings is 2. The highest BCUT2D eigenvalue weighted by Gasteiger charge is 2.38. The highest BCUT2D eigenvalue weighted by atomic mass is 32.2. The molecule has 1 N–H and O–H groups in total. The van der Waals surface area contributed by atoms with Crippen molar-refractivity contribution >= 4 is 10.2 Å². The van der Waals surface area contributed by atoms with Gasteiger partial charge in [-0.3, -0.25) is 0 Å². The molecule has 0 aliphatic carbocycles. The minimum Gasteiger partial charge on any atom is -0.313 e. The molecule has 1 saturated heterocycles. The molecule has 2 aliphatic rings. The quantitative estimate of drug-likeness (QED) is 0.894. The second-order valence-corrected chi connectivity index (χ2v) is 8.63. The molecule has 1 atom stereocenters. The van der Waals surface area contributed by atoms with E-state index in [4.69, 9.17) is 0 Å². The van der Waals surface area contributed by atoms with Gasteiger partial charge in [0.15, 0.2) is 0 Å². The van der Waals surface area contributed by atoms with Crippen LogP contribution < -0.4 is 5.32 Å². The summed E-state index contributed by atoms with van der Waals surface area (Å²) in [7, 11) is -3.63. The van der Waals surface area contributed by atoms with Crippen LogP contribution in [0.25, 0.3) is 0 Å². The van der Waals surface area contributed by atoms with Crippen LogP contribution in [0.1, 0.15) is 22.7 Å². The maximum Gasteiger partial charge on any atom is 0.282 e. The number of nitrogens with one attached hydrogen (secondary N) is 1. The standard InChI is InChI=1S/C19H22FN3O2S/c20-18-7-3-6-16(12-18)19-13-21-9-11-23(19)26(24,25)22-10-8-15-4-1-2-5-17(15)14-22/h1-7,12,19,21H,8-11,13-14H2. The van der Waals surface area contributed by atoms with Gasteiger partial charge in [-0.15, -0.1) is 0 Å².